The summed E-state index contributed by atoms with van der Waals surface area (Å²) in [7, 11) is -2.81. The third kappa shape index (κ3) is 3.99. The highest BCUT2D eigenvalue weighted by atomic mass is 32.3. The molecule has 2 aromatic carbocycles. The molecule has 1 aliphatic carbocycles. The first-order valence-corrected chi connectivity index (χ1v) is 12.6. The van der Waals surface area contributed by atoms with Gasteiger partial charge in [-0.05, 0) is 49.9 Å². The maximum absolute atomic E-state index is 10.7. The summed E-state index contributed by atoms with van der Waals surface area (Å²) >= 11 is 0. The average Bonchev–Trinajstić information content (AvgIpc) is 3.09. The molecule has 0 spiro atoms. The van der Waals surface area contributed by atoms with E-state index in [2.05, 4.69) is 41.4 Å². The molecule has 5 rings (SSSR count). The lowest BCUT2D eigenvalue weighted by Gasteiger charge is -2.32. The lowest BCUT2D eigenvalue weighted by molar-refractivity contribution is 0.488. The van der Waals surface area contributed by atoms with Crippen LogP contribution >= 0.6 is 10.6 Å². The van der Waals surface area contributed by atoms with E-state index >= 15 is 0 Å². The van der Waals surface area contributed by atoms with Gasteiger partial charge in [-0.25, -0.2) is 4.98 Å². The van der Waals surface area contributed by atoms with E-state index in [9.17, 15) is 9.11 Å². The molecule has 0 saturated heterocycles. The van der Waals surface area contributed by atoms with E-state index in [0.29, 0.717) is 23.7 Å². The van der Waals surface area contributed by atoms with Gasteiger partial charge in [-0.15, -0.1) is 0 Å². The molecule has 0 bridgehead atoms. The van der Waals surface area contributed by atoms with Gasteiger partial charge in [0.25, 0.3) is 0 Å². The van der Waals surface area contributed by atoms with Gasteiger partial charge < -0.3 is 16.0 Å². The number of benzene rings is 2. The number of anilines is 2. The summed E-state index contributed by atoms with van der Waals surface area (Å²) in [5.74, 6) is 1.14. The van der Waals surface area contributed by atoms with Crippen molar-refractivity contribution in [3.05, 3.63) is 59.7 Å². The molecule has 2 aliphatic rings. The van der Waals surface area contributed by atoms with Gasteiger partial charge in [-0.1, -0.05) is 29.8 Å². The molecule has 5 N–H and O–H groups in total. The zero-order valence-corrected chi connectivity index (χ0v) is 18.6. The molecule has 1 aliphatic heterocycles. The van der Waals surface area contributed by atoms with Gasteiger partial charge in [0.2, 0.25) is 0 Å². The Morgan fingerprint density at radius 3 is 2.77 bits per heavy atom. The van der Waals surface area contributed by atoms with Crippen LogP contribution in [0, 0.1) is 6.92 Å². The summed E-state index contributed by atoms with van der Waals surface area (Å²) in [5.41, 5.74) is 10.5. The molecule has 0 radical (unpaired) electrons. The normalized spacial score (nSPS) is 23.9. The van der Waals surface area contributed by atoms with E-state index in [1.165, 1.54) is 5.56 Å². The molecule has 1 aromatic heterocycles. The van der Waals surface area contributed by atoms with Crippen molar-refractivity contribution in [2.45, 2.75) is 49.7 Å². The van der Waals surface area contributed by atoms with Gasteiger partial charge in [0.15, 0.2) is 0 Å². The third-order valence-corrected chi connectivity index (χ3v) is 8.37. The first-order valence-electron chi connectivity index (χ1n) is 10.9. The Labute approximate surface area is 184 Å². The zero-order valence-electron chi connectivity index (χ0n) is 17.8. The number of aryl methyl sites for hydroxylation is 1. The molecule has 1 fully saturated rings. The van der Waals surface area contributed by atoms with Crippen molar-refractivity contribution in [1.29, 1.82) is 0 Å². The van der Waals surface area contributed by atoms with Gasteiger partial charge in [-0.2, -0.15) is 10.6 Å². The third-order valence-electron chi connectivity index (χ3n) is 6.52. The lowest BCUT2D eigenvalue weighted by Crippen LogP contribution is -2.35. The van der Waals surface area contributed by atoms with Gasteiger partial charge >= 0.3 is 0 Å². The summed E-state index contributed by atoms with van der Waals surface area (Å²) in [5, 5.41) is 4.81. The maximum Gasteiger partial charge on any atom is 0.131 e. The molecule has 7 heteroatoms. The van der Waals surface area contributed by atoms with Crippen LogP contribution in [0.15, 0.2) is 53.4 Å². The number of hydrogen-bond donors (Lipinski definition) is 4. The quantitative estimate of drug-likeness (QED) is 0.461. The van der Waals surface area contributed by atoms with Crippen molar-refractivity contribution < 1.29 is 9.11 Å². The number of pyridine rings is 1. The van der Waals surface area contributed by atoms with Crippen LogP contribution < -0.4 is 16.0 Å². The standard InChI is InChI=1S/C24H30N4O2S/c1-16-9-10-20-18(13-16)22(26-21-7-4-6-19(21)25)14-24(27-20)28-11-12-31(29,30)23-8-3-2-5-17(23)15-28/h2-3,5,8-10,13-14,19,21,29-30H,4,6-7,11-12,15,25H2,1H3,(H,26,27). The van der Waals surface area contributed by atoms with E-state index in [1.807, 2.05) is 24.3 Å². The van der Waals surface area contributed by atoms with Crippen molar-refractivity contribution in [2.24, 2.45) is 5.73 Å². The number of hydrogen-bond acceptors (Lipinski definition) is 6. The molecular weight excluding hydrogens is 408 g/mol. The minimum atomic E-state index is -2.81. The summed E-state index contributed by atoms with van der Waals surface area (Å²) in [6.07, 6.45) is 3.27. The smallest absolute Gasteiger partial charge is 0.131 e. The minimum Gasteiger partial charge on any atom is -0.380 e. The van der Waals surface area contributed by atoms with Crippen molar-refractivity contribution in [2.75, 3.05) is 22.5 Å². The highest BCUT2D eigenvalue weighted by molar-refractivity contribution is 8.24. The van der Waals surface area contributed by atoms with Gasteiger partial charge in [-0.3, -0.25) is 9.11 Å². The second-order valence-corrected chi connectivity index (χ2v) is 11.0. The summed E-state index contributed by atoms with van der Waals surface area (Å²) in [4.78, 5) is 7.77. The Balaban J connectivity index is 1.56. The van der Waals surface area contributed by atoms with E-state index in [1.54, 1.807) is 0 Å². The Morgan fingerprint density at radius 1 is 1.13 bits per heavy atom. The zero-order chi connectivity index (χ0) is 21.6. The molecule has 31 heavy (non-hydrogen) atoms. The van der Waals surface area contributed by atoms with Gasteiger partial charge in [0, 0.05) is 42.3 Å². The number of rotatable bonds is 3. The number of nitrogens with zero attached hydrogens (tertiary/aromatic N) is 2. The molecule has 2 unspecified atom stereocenters. The Kier molecular flexibility index (Phi) is 5.30. The van der Waals surface area contributed by atoms with Crippen molar-refractivity contribution >= 4 is 33.0 Å². The monoisotopic (exact) mass is 438 g/mol. The lowest BCUT2D eigenvalue weighted by atomic mass is 10.1. The van der Waals surface area contributed by atoms with Gasteiger partial charge in [0.05, 0.1) is 16.2 Å². The minimum absolute atomic E-state index is 0.162. The highest BCUT2D eigenvalue weighted by Gasteiger charge is 2.28. The fraction of sp³-hybridized carbons (Fsp3) is 0.375. The van der Waals surface area contributed by atoms with E-state index in [0.717, 1.165) is 47.2 Å². The Morgan fingerprint density at radius 2 is 1.97 bits per heavy atom. The SMILES string of the molecule is Cc1ccc2nc(N3CCS(O)(O)c4ccccc4C3)cc(NC3CCCC3N)c2c1. The predicted molar refractivity (Wildman–Crippen MR) is 129 cm³/mol. The average molecular weight is 439 g/mol. The van der Waals surface area contributed by atoms with E-state index in [-0.39, 0.29) is 12.1 Å². The first-order chi connectivity index (χ1) is 14.9. The Hall–Kier alpha value is -2.32. The largest absolute Gasteiger partial charge is 0.380 e. The molecule has 6 nitrogen and oxygen atoms in total. The molecule has 2 heterocycles. The molecule has 2 atom stereocenters. The van der Waals surface area contributed by atoms with Crippen LogP contribution in [0.4, 0.5) is 11.5 Å². The number of nitrogens with two attached hydrogens (primary N) is 1. The fourth-order valence-electron chi connectivity index (χ4n) is 4.76. The van der Waals surface area contributed by atoms with Crippen LogP contribution in [0.25, 0.3) is 10.9 Å². The molecular formula is C24H30N4O2S. The summed E-state index contributed by atoms with van der Waals surface area (Å²) in [6, 6.07) is 16.5. The molecule has 164 valence electrons. The predicted octanol–water partition coefficient (Wildman–Crippen LogP) is 4.96. The van der Waals surface area contributed by atoms with Crippen LogP contribution in [0.3, 0.4) is 0 Å². The van der Waals surface area contributed by atoms with Crippen molar-refractivity contribution in [3.8, 4) is 0 Å². The van der Waals surface area contributed by atoms with Gasteiger partial charge in [0.1, 0.15) is 5.82 Å². The molecule has 1 saturated carbocycles. The molecule has 0 amide bonds. The topological polar surface area (TPSA) is 94.6 Å². The first kappa shape index (κ1) is 20.6. The molecule has 3 aromatic rings. The number of aromatic nitrogens is 1. The fourth-order valence-corrected chi connectivity index (χ4v) is 6.30. The summed E-state index contributed by atoms with van der Waals surface area (Å²) in [6.45, 7) is 3.22. The number of fused-ring (bicyclic) bond motifs is 2. The Bertz CT molecular complexity index is 1120. The van der Waals surface area contributed by atoms with Crippen LogP contribution in [-0.2, 0) is 6.54 Å². The van der Waals surface area contributed by atoms with Crippen LogP contribution in [0.5, 0.6) is 0 Å². The van der Waals surface area contributed by atoms with Crippen LogP contribution in [0.2, 0.25) is 0 Å². The van der Waals surface area contributed by atoms with Crippen molar-refractivity contribution in [1.82, 2.24) is 4.98 Å². The summed E-state index contributed by atoms with van der Waals surface area (Å²) < 4.78 is 21.4. The van der Waals surface area contributed by atoms with Crippen LogP contribution in [-0.4, -0.2) is 38.5 Å². The van der Waals surface area contributed by atoms with Crippen LogP contribution in [0.1, 0.15) is 30.4 Å². The second kappa shape index (κ2) is 7.98. The number of nitrogens with one attached hydrogen (secondary N) is 1. The van der Waals surface area contributed by atoms with E-state index in [4.69, 9.17) is 10.7 Å². The highest BCUT2D eigenvalue weighted by Crippen LogP contribution is 2.51. The maximum atomic E-state index is 10.7. The second-order valence-electron chi connectivity index (χ2n) is 8.79. The van der Waals surface area contributed by atoms with Crippen molar-refractivity contribution in [3.63, 3.8) is 0 Å². The van der Waals surface area contributed by atoms with E-state index < -0.39 is 10.6 Å².